The SMILES string of the molecule is COc1c([C@H]2ON=C(C(=O)NN)[C@H]2C)cc2c(c1OC)OCO2. The fourth-order valence-corrected chi connectivity index (χ4v) is 2.70. The molecule has 2 aliphatic heterocycles. The van der Waals surface area contributed by atoms with E-state index in [2.05, 4.69) is 10.6 Å². The van der Waals surface area contributed by atoms with E-state index in [0.29, 0.717) is 28.6 Å². The van der Waals surface area contributed by atoms with E-state index in [1.165, 1.54) is 14.2 Å². The number of hydrazine groups is 1. The summed E-state index contributed by atoms with van der Waals surface area (Å²) in [5, 5.41) is 3.83. The number of nitrogens with zero attached hydrogens (tertiary/aromatic N) is 1. The Morgan fingerprint density at radius 3 is 2.74 bits per heavy atom. The number of fused-ring (bicyclic) bond motifs is 1. The molecule has 1 aromatic carbocycles. The predicted octanol–water partition coefficient (Wildman–Crippen LogP) is 0.486. The molecule has 3 N–H and O–H groups in total. The van der Waals surface area contributed by atoms with Crippen LogP contribution in [-0.2, 0) is 9.63 Å². The quantitative estimate of drug-likeness (QED) is 0.471. The second-order valence-electron chi connectivity index (χ2n) is 5.03. The van der Waals surface area contributed by atoms with Crippen molar-refractivity contribution in [2.24, 2.45) is 16.9 Å². The van der Waals surface area contributed by atoms with Gasteiger partial charge >= 0.3 is 0 Å². The molecule has 0 aliphatic carbocycles. The normalized spacial score (nSPS) is 21.5. The van der Waals surface area contributed by atoms with E-state index in [4.69, 9.17) is 29.6 Å². The van der Waals surface area contributed by atoms with Crippen molar-refractivity contribution >= 4 is 11.6 Å². The van der Waals surface area contributed by atoms with Crippen molar-refractivity contribution in [2.45, 2.75) is 13.0 Å². The highest BCUT2D eigenvalue weighted by Crippen LogP contribution is 2.52. The Hall–Kier alpha value is -2.68. The molecule has 0 spiro atoms. The minimum absolute atomic E-state index is 0.0940. The minimum atomic E-state index is -0.541. The summed E-state index contributed by atoms with van der Waals surface area (Å²) in [7, 11) is 3.02. The van der Waals surface area contributed by atoms with Gasteiger partial charge in [0.25, 0.3) is 5.91 Å². The first-order valence-corrected chi connectivity index (χ1v) is 6.91. The number of carbonyl (C=O) groups excluding carboxylic acids is 1. The van der Waals surface area contributed by atoms with Crippen LogP contribution < -0.4 is 30.2 Å². The van der Waals surface area contributed by atoms with E-state index in [0.717, 1.165) is 0 Å². The molecule has 2 heterocycles. The van der Waals surface area contributed by atoms with Crippen LogP contribution in [-0.4, -0.2) is 32.6 Å². The Morgan fingerprint density at radius 2 is 2.09 bits per heavy atom. The molecular formula is C14H17N3O6. The molecule has 3 rings (SSSR count). The Kier molecular flexibility index (Phi) is 3.87. The van der Waals surface area contributed by atoms with Gasteiger partial charge in [0.05, 0.1) is 20.1 Å². The molecule has 0 aromatic heterocycles. The van der Waals surface area contributed by atoms with Crippen molar-refractivity contribution < 1.29 is 28.6 Å². The van der Waals surface area contributed by atoms with Crippen LogP contribution >= 0.6 is 0 Å². The molecule has 0 fully saturated rings. The third kappa shape index (κ3) is 2.29. The van der Waals surface area contributed by atoms with Crippen molar-refractivity contribution in [2.75, 3.05) is 21.0 Å². The average Bonchev–Trinajstić information content (AvgIpc) is 3.18. The summed E-state index contributed by atoms with van der Waals surface area (Å²) in [5.41, 5.74) is 2.90. The number of ether oxygens (including phenoxy) is 4. The van der Waals surface area contributed by atoms with Crippen molar-refractivity contribution in [3.05, 3.63) is 11.6 Å². The summed E-state index contributed by atoms with van der Waals surface area (Å²) in [6.07, 6.45) is -0.541. The van der Waals surface area contributed by atoms with Crippen LogP contribution in [0.4, 0.5) is 0 Å². The molecule has 2 aliphatic rings. The molecule has 23 heavy (non-hydrogen) atoms. The van der Waals surface area contributed by atoms with E-state index < -0.39 is 12.0 Å². The Labute approximate surface area is 132 Å². The van der Waals surface area contributed by atoms with Crippen LogP contribution in [0.3, 0.4) is 0 Å². The maximum absolute atomic E-state index is 11.7. The number of amides is 1. The summed E-state index contributed by atoms with van der Waals surface area (Å²) in [6.45, 7) is 1.90. The topological polar surface area (TPSA) is 114 Å². The molecule has 124 valence electrons. The largest absolute Gasteiger partial charge is 0.492 e. The van der Waals surface area contributed by atoms with Crippen LogP contribution in [0.15, 0.2) is 11.2 Å². The molecule has 2 atom stereocenters. The van der Waals surface area contributed by atoms with E-state index in [1.807, 2.05) is 6.92 Å². The molecule has 1 amide bonds. The number of carbonyl (C=O) groups is 1. The number of nitrogens with two attached hydrogens (primary N) is 1. The van der Waals surface area contributed by atoms with Gasteiger partial charge in [-0.1, -0.05) is 12.1 Å². The van der Waals surface area contributed by atoms with Crippen LogP contribution in [0.2, 0.25) is 0 Å². The standard InChI is InChI=1S/C14H17N3O6/c1-6-9(14(18)16-15)17-23-10(6)7-4-8-12(22-5-21-8)13(20-3)11(7)19-2/h4,6,10H,5,15H2,1-3H3,(H,16,18)/t6-,10+/m1/s1. The highest BCUT2D eigenvalue weighted by atomic mass is 16.7. The maximum atomic E-state index is 11.7. The molecule has 0 unspecified atom stereocenters. The van der Waals surface area contributed by atoms with E-state index in [-0.39, 0.29) is 18.4 Å². The maximum Gasteiger partial charge on any atom is 0.283 e. The van der Waals surface area contributed by atoms with Gasteiger partial charge in [0.2, 0.25) is 18.3 Å². The lowest BCUT2D eigenvalue weighted by molar-refractivity contribution is -0.115. The first kappa shape index (κ1) is 15.2. The fourth-order valence-electron chi connectivity index (χ4n) is 2.70. The number of hydrogen-bond donors (Lipinski definition) is 2. The van der Waals surface area contributed by atoms with E-state index in [1.54, 1.807) is 6.07 Å². The van der Waals surface area contributed by atoms with E-state index in [9.17, 15) is 4.79 Å². The number of methoxy groups -OCH3 is 2. The zero-order chi connectivity index (χ0) is 16.6. The summed E-state index contributed by atoms with van der Waals surface area (Å²) in [4.78, 5) is 17.1. The molecule has 0 saturated carbocycles. The second-order valence-corrected chi connectivity index (χ2v) is 5.03. The predicted molar refractivity (Wildman–Crippen MR) is 78.4 cm³/mol. The lowest BCUT2D eigenvalue weighted by Gasteiger charge is -2.20. The fraction of sp³-hybridized carbons (Fsp3) is 0.429. The monoisotopic (exact) mass is 323 g/mol. The smallest absolute Gasteiger partial charge is 0.283 e. The van der Waals surface area contributed by atoms with Gasteiger partial charge in [-0.25, -0.2) is 5.84 Å². The van der Waals surface area contributed by atoms with Crippen molar-refractivity contribution in [1.29, 1.82) is 0 Å². The zero-order valence-electron chi connectivity index (χ0n) is 12.9. The molecule has 0 bridgehead atoms. The summed E-state index contributed by atoms with van der Waals surface area (Å²) in [5.74, 6) is 6.17. The van der Waals surface area contributed by atoms with Crippen molar-refractivity contribution in [3.63, 3.8) is 0 Å². The highest BCUT2D eigenvalue weighted by Gasteiger charge is 2.40. The zero-order valence-corrected chi connectivity index (χ0v) is 12.9. The van der Waals surface area contributed by atoms with Gasteiger partial charge < -0.3 is 23.8 Å². The first-order chi connectivity index (χ1) is 11.1. The Morgan fingerprint density at radius 1 is 1.35 bits per heavy atom. The molecular weight excluding hydrogens is 306 g/mol. The first-order valence-electron chi connectivity index (χ1n) is 6.91. The number of oxime groups is 1. The molecule has 0 radical (unpaired) electrons. The highest BCUT2D eigenvalue weighted by molar-refractivity contribution is 6.39. The third-order valence-corrected chi connectivity index (χ3v) is 3.83. The van der Waals surface area contributed by atoms with Crippen LogP contribution in [0.25, 0.3) is 0 Å². The molecule has 9 nitrogen and oxygen atoms in total. The van der Waals surface area contributed by atoms with Gasteiger partial charge in [-0.05, 0) is 6.07 Å². The number of rotatable bonds is 4. The average molecular weight is 323 g/mol. The molecule has 0 saturated heterocycles. The van der Waals surface area contributed by atoms with Gasteiger partial charge in [0.1, 0.15) is 0 Å². The number of hydrogen-bond acceptors (Lipinski definition) is 8. The van der Waals surface area contributed by atoms with Crippen LogP contribution in [0.5, 0.6) is 23.0 Å². The summed E-state index contributed by atoms with van der Waals surface area (Å²) >= 11 is 0. The van der Waals surface area contributed by atoms with Crippen LogP contribution in [0.1, 0.15) is 18.6 Å². The van der Waals surface area contributed by atoms with Gasteiger partial charge in [-0.2, -0.15) is 0 Å². The van der Waals surface area contributed by atoms with Gasteiger partial charge in [0, 0.05) is 5.56 Å². The molecule has 9 heteroatoms. The second kappa shape index (κ2) is 5.84. The van der Waals surface area contributed by atoms with Gasteiger partial charge in [0.15, 0.2) is 23.3 Å². The van der Waals surface area contributed by atoms with Crippen molar-refractivity contribution in [1.82, 2.24) is 5.43 Å². The number of benzene rings is 1. The summed E-state index contributed by atoms with van der Waals surface area (Å²) < 4.78 is 21.7. The van der Waals surface area contributed by atoms with Gasteiger partial charge in [-0.3, -0.25) is 10.2 Å². The Balaban J connectivity index is 2.03. The van der Waals surface area contributed by atoms with Gasteiger partial charge in [-0.15, -0.1) is 0 Å². The Bertz CT molecular complexity index is 675. The lowest BCUT2D eigenvalue weighted by Crippen LogP contribution is -2.38. The van der Waals surface area contributed by atoms with E-state index >= 15 is 0 Å². The minimum Gasteiger partial charge on any atom is -0.492 e. The van der Waals surface area contributed by atoms with Crippen LogP contribution in [0, 0.1) is 5.92 Å². The summed E-state index contributed by atoms with van der Waals surface area (Å²) in [6, 6.07) is 1.74. The third-order valence-electron chi connectivity index (χ3n) is 3.83. The number of nitrogens with one attached hydrogen (secondary N) is 1. The molecule has 1 aromatic rings. The van der Waals surface area contributed by atoms with Crippen molar-refractivity contribution in [3.8, 4) is 23.0 Å². The lowest BCUT2D eigenvalue weighted by atomic mass is 9.92.